The van der Waals surface area contributed by atoms with E-state index in [4.69, 9.17) is 55.9 Å². The number of hydrogen-bond donors (Lipinski definition) is 1. The van der Waals surface area contributed by atoms with Crippen LogP contribution in [0.3, 0.4) is 0 Å². The van der Waals surface area contributed by atoms with E-state index in [9.17, 15) is 0 Å². The highest BCUT2D eigenvalue weighted by Gasteiger charge is 2.06. The van der Waals surface area contributed by atoms with E-state index in [1.807, 2.05) is 33.8 Å². The van der Waals surface area contributed by atoms with Gasteiger partial charge >= 0.3 is 0 Å². The van der Waals surface area contributed by atoms with Gasteiger partial charge in [-0.3, -0.25) is 0 Å². The van der Waals surface area contributed by atoms with Crippen LogP contribution in [0.1, 0.15) is 38.8 Å². The molecule has 0 bridgehead atoms. The van der Waals surface area contributed by atoms with E-state index in [2.05, 4.69) is 9.97 Å². The first-order chi connectivity index (χ1) is 12.6. The van der Waals surface area contributed by atoms with Crippen molar-refractivity contribution in [2.75, 3.05) is 0 Å². The van der Waals surface area contributed by atoms with Crippen molar-refractivity contribution < 1.29 is 9.47 Å². The van der Waals surface area contributed by atoms with Gasteiger partial charge in [-0.25, -0.2) is 9.97 Å². The van der Waals surface area contributed by atoms with E-state index in [0.29, 0.717) is 28.0 Å². The van der Waals surface area contributed by atoms with Crippen molar-refractivity contribution in [3.8, 4) is 17.8 Å². The third kappa shape index (κ3) is 8.87. The summed E-state index contributed by atoms with van der Waals surface area (Å²) in [5.74, 6) is 0.828. The molecule has 2 rings (SSSR count). The third-order valence-electron chi connectivity index (χ3n) is 2.67. The van der Waals surface area contributed by atoms with Crippen LogP contribution in [0.2, 0.25) is 10.3 Å². The Hall–Kier alpha value is -2.14. The zero-order valence-corrected chi connectivity index (χ0v) is 17.7. The summed E-state index contributed by atoms with van der Waals surface area (Å²) in [7, 11) is 0. The van der Waals surface area contributed by atoms with Crippen LogP contribution >= 0.6 is 35.4 Å². The fraction of sp³-hybridized carbons (Fsp3) is 0.333. The molecular formula is C18H20Cl2N4O2S. The van der Waals surface area contributed by atoms with Crippen molar-refractivity contribution in [3.63, 3.8) is 0 Å². The predicted molar refractivity (Wildman–Crippen MR) is 111 cm³/mol. The maximum Gasteiger partial charge on any atom is 0.216 e. The van der Waals surface area contributed by atoms with E-state index in [0.717, 1.165) is 0 Å². The molecule has 27 heavy (non-hydrogen) atoms. The number of aromatic nitrogens is 2. The zero-order chi connectivity index (χ0) is 20.6. The lowest BCUT2D eigenvalue weighted by molar-refractivity contribution is 0.232. The molecule has 144 valence electrons. The average Bonchev–Trinajstić information content (AvgIpc) is 2.52. The standard InChI is InChI=1S/C9H11ClN2OS.C9H9ClN2O/c1-5(2)13-8-4-6(9(11)14)3-7(10)12-8;1-6(2)13-9-4-7(5-11)3-8(10)12-9/h3-5H,1-2H3,(H2,11,14);3-4,6H,1-2H3. The molecule has 0 saturated carbocycles. The molecule has 0 radical (unpaired) electrons. The fourth-order valence-electron chi connectivity index (χ4n) is 1.76. The molecule has 0 aliphatic heterocycles. The Bertz CT molecular complexity index is 839. The molecular weight excluding hydrogens is 407 g/mol. The molecule has 0 aliphatic carbocycles. The first-order valence-corrected chi connectivity index (χ1v) is 9.15. The second kappa shape index (κ2) is 10.9. The molecule has 9 heteroatoms. The Balaban J connectivity index is 0.000000271. The molecule has 2 N–H and O–H groups in total. The number of pyridine rings is 2. The van der Waals surface area contributed by atoms with Crippen molar-refractivity contribution in [2.24, 2.45) is 5.73 Å². The van der Waals surface area contributed by atoms with E-state index < -0.39 is 0 Å². The topological polar surface area (TPSA) is 94.0 Å². The Morgan fingerprint density at radius 1 is 1.00 bits per heavy atom. The lowest BCUT2D eigenvalue weighted by Crippen LogP contribution is -2.12. The highest BCUT2D eigenvalue weighted by atomic mass is 35.5. The lowest BCUT2D eigenvalue weighted by Gasteiger charge is -2.09. The van der Waals surface area contributed by atoms with Gasteiger partial charge < -0.3 is 15.2 Å². The summed E-state index contributed by atoms with van der Waals surface area (Å²) in [6.45, 7) is 7.58. The van der Waals surface area contributed by atoms with Gasteiger partial charge in [0, 0.05) is 17.7 Å². The Morgan fingerprint density at radius 3 is 1.93 bits per heavy atom. The maximum atomic E-state index is 8.63. The highest BCUT2D eigenvalue weighted by Crippen LogP contribution is 2.18. The molecule has 0 amide bonds. The smallest absolute Gasteiger partial charge is 0.216 e. The number of thiocarbonyl (C=S) groups is 1. The van der Waals surface area contributed by atoms with Crippen molar-refractivity contribution in [1.29, 1.82) is 5.26 Å². The summed E-state index contributed by atoms with van der Waals surface area (Å²) in [4.78, 5) is 8.18. The van der Waals surface area contributed by atoms with Gasteiger partial charge in [-0.15, -0.1) is 0 Å². The van der Waals surface area contributed by atoms with Crippen molar-refractivity contribution in [2.45, 2.75) is 39.9 Å². The molecule has 0 aromatic carbocycles. The van der Waals surface area contributed by atoms with Crippen LogP contribution in [0.4, 0.5) is 0 Å². The Morgan fingerprint density at radius 2 is 1.48 bits per heavy atom. The van der Waals surface area contributed by atoms with Gasteiger partial charge in [0.25, 0.3) is 0 Å². The summed E-state index contributed by atoms with van der Waals surface area (Å²) in [5.41, 5.74) is 6.59. The van der Waals surface area contributed by atoms with Gasteiger partial charge in [0.1, 0.15) is 15.3 Å². The zero-order valence-electron chi connectivity index (χ0n) is 15.4. The molecule has 0 fully saturated rings. The molecule has 0 unspecified atom stereocenters. The SMILES string of the molecule is CC(C)Oc1cc(C#N)cc(Cl)n1.CC(C)Oc1cc(C(N)=S)cc(Cl)n1. The van der Waals surface area contributed by atoms with Gasteiger partial charge in [-0.2, -0.15) is 5.26 Å². The molecule has 6 nitrogen and oxygen atoms in total. The van der Waals surface area contributed by atoms with Gasteiger partial charge in [0.05, 0.1) is 23.8 Å². The number of nitriles is 1. The lowest BCUT2D eigenvalue weighted by atomic mass is 10.3. The first kappa shape index (κ1) is 22.9. The van der Waals surface area contributed by atoms with Crippen LogP contribution in [-0.2, 0) is 0 Å². The van der Waals surface area contributed by atoms with E-state index in [1.165, 1.54) is 6.07 Å². The summed E-state index contributed by atoms with van der Waals surface area (Å²) in [6, 6.07) is 8.32. The normalized spacial score (nSPS) is 10.0. The first-order valence-electron chi connectivity index (χ1n) is 7.99. The summed E-state index contributed by atoms with van der Waals surface area (Å²) in [6.07, 6.45) is 0.0673. The van der Waals surface area contributed by atoms with Gasteiger partial charge in [-0.1, -0.05) is 35.4 Å². The molecule has 0 spiro atoms. The van der Waals surface area contributed by atoms with Crippen LogP contribution in [0, 0.1) is 11.3 Å². The van der Waals surface area contributed by atoms with Crippen molar-refractivity contribution in [1.82, 2.24) is 9.97 Å². The number of nitrogens with two attached hydrogens (primary N) is 1. The molecule has 2 aromatic heterocycles. The number of ether oxygens (including phenoxy) is 2. The molecule has 0 atom stereocenters. The molecule has 0 aliphatic rings. The van der Waals surface area contributed by atoms with Crippen molar-refractivity contribution >= 4 is 40.4 Å². The fourth-order valence-corrected chi connectivity index (χ4v) is 2.28. The molecule has 0 saturated heterocycles. The monoisotopic (exact) mass is 426 g/mol. The number of hydrogen-bond acceptors (Lipinski definition) is 6. The second-order valence-electron chi connectivity index (χ2n) is 5.84. The van der Waals surface area contributed by atoms with E-state index in [-0.39, 0.29) is 22.3 Å². The largest absolute Gasteiger partial charge is 0.475 e. The third-order valence-corrected chi connectivity index (χ3v) is 3.29. The predicted octanol–water partition coefficient (Wildman–Crippen LogP) is 4.55. The number of rotatable bonds is 5. The van der Waals surface area contributed by atoms with Crippen LogP contribution in [0.5, 0.6) is 11.8 Å². The van der Waals surface area contributed by atoms with Gasteiger partial charge in [0.2, 0.25) is 11.8 Å². The van der Waals surface area contributed by atoms with Gasteiger partial charge in [0.15, 0.2) is 0 Å². The van der Waals surface area contributed by atoms with Crippen molar-refractivity contribution in [3.05, 3.63) is 45.7 Å². The second-order valence-corrected chi connectivity index (χ2v) is 7.06. The van der Waals surface area contributed by atoms with Crippen LogP contribution < -0.4 is 15.2 Å². The highest BCUT2D eigenvalue weighted by molar-refractivity contribution is 7.80. The summed E-state index contributed by atoms with van der Waals surface area (Å²) < 4.78 is 10.7. The van der Waals surface area contributed by atoms with Crippen LogP contribution in [0.25, 0.3) is 0 Å². The minimum atomic E-state index is 0.0255. The quantitative estimate of drug-likeness (QED) is 0.553. The van der Waals surface area contributed by atoms with Gasteiger partial charge in [-0.05, 0) is 39.8 Å². The minimum absolute atomic E-state index is 0.0255. The van der Waals surface area contributed by atoms with E-state index in [1.54, 1.807) is 18.2 Å². The number of nitrogens with zero attached hydrogens (tertiary/aromatic N) is 3. The minimum Gasteiger partial charge on any atom is -0.475 e. The maximum absolute atomic E-state index is 8.63. The molecule has 2 heterocycles. The van der Waals surface area contributed by atoms with E-state index >= 15 is 0 Å². The van der Waals surface area contributed by atoms with Crippen LogP contribution in [-0.4, -0.2) is 27.2 Å². The Kier molecular flexibility index (Phi) is 9.22. The number of halogens is 2. The average molecular weight is 427 g/mol. The molecule has 2 aromatic rings. The summed E-state index contributed by atoms with van der Waals surface area (Å²) in [5, 5.41) is 9.23. The summed E-state index contributed by atoms with van der Waals surface area (Å²) >= 11 is 16.3. The Labute approximate surface area is 174 Å². The van der Waals surface area contributed by atoms with Crippen LogP contribution in [0.15, 0.2) is 24.3 Å².